The van der Waals surface area contributed by atoms with Crippen molar-refractivity contribution >= 4 is 0 Å². The van der Waals surface area contributed by atoms with E-state index in [1.165, 1.54) is 0 Å². The highest BCUT2D eigenvalue weighted by atomic mass is 16.5. The van der Waals surface area contributed by atoms with E-state index in [1.807, 2.05) is 65.8 Å². The molecule has 0 unspecified atom stereocenters. The maximum atomic E-state index is 5.81. The van der Waals surface area contributed by atoms with Crippen LogP contribution in [0.25, 0.3) is 0 Å². The van der Waals surface area contributed by atoms with Gasteiger partial charge in [-0.3, -0.25) is 0 Å². The first-order valence-corrected chi connectivity index (χ1v) is 9.53. The van der Waals surface area contributed by atoms with Crippen molar-refractivity contribution in [1.82, 2.24) is 0 Å². The molecule has 1 nitrogen and oxygen atoms in total. The predicted molar refractivity (Wildman–Crippen MR) is 113 cm³/mol. The van der Waals surface area contributed by atoms with Gasteiger partial charge in [0.05, 0.1) is 0 Å². The molecular weight excluding hydrogens is 292 g/mol. The van der Waals surface area contributed by atoms with Crippen molar-refractivity contribution in [3.8, 4) is 0 Å². The largest absolute Gasteiger partial charge is 0.462 e. The van der Waals surface area contributed by atoms with Crippen LogP contribution in [0.4, 0.5) is 0 Å². The Hall–Kier alpha value is -1.50. The Balaban J connectivity index is -0.00000102. The lowest BCUT2D eigenvalue weighted by Gasteiger charge is -2.06. The number of hydrogen-bond acceptors (Lipinski definition) is 1. The van der Waals surface area contributed by atoms with E-state index in [1.54, 1.807) is 0 Å². The molecule has 0 N–H and O–H groups in total. The predicted octanol–water partition coefficient (Wildman–Crippen LogP) is 8.38. The van der Waals surface area contributed by atoms with Gasteiger partial charge >= 0.3 is 0 Å². The second-order valence-electron chi connectivity index (χ2n) is 5.39. The molecule has 0 aliphatic heterocycles. The molecule has 0 rings (SSSR count). The third kappa shape index (κ3) is 20.5. The first kappa shape index (κ1) is 27.4. The summed E-state index contributed by atoms with van der Waals surface area (Å²) in [7, 11) is 0. The molecule has 0 saturated carbocycles. The van der Waals surface area contributed by atoms with E-state index < -0.39 is 0 Å². The second-order valence-corrected chi connectivity index (χ2v) is 5.39. The van der Waals surface area contributed by atoms with Crippen LogP contribution in [0.15, 0.2) is 60.1 Å². The van der Waals surface area contributed by atoms with Gasteiger partial charge in [-0.05, 0) is 50.8 Å². The molecule has 0 fully saturated rings. The first-order valence-electron chi connectivity index (χ1n) is 9.53. The fraction of sp³-hybridized carbons (Fsp3) is 0.565. The van der Waals surface area contributed by atoms with E-state index in [2.05, 4.69) is 39.5 Å². The fourth-order valence-corrected chi connectivity index (χ4v) is 1.73. The summed E-state index contributed by atoms with van der Waals surface area (Å²) in [5.41, 5.74) is 1.15. The minimum absolute atomic E-state index is 0.645. The number of rotatable bonds is 9. The maximum Gasteiger partial charge on any atom is 0.122 e. The summed E-state index contributed by atoms with van der Waals surface area (Å²) in [5.74, 6) is 2.45. The molecule has 24 heavy (non-hydrogen) atoms. The molecule has 1 heteroatoms. The highest BCUT2D eigenvalue weighted by Crippen LogP contribution is 2.12. The van der Waals surface area contributed by atoms with E-state index in [0.717, 1.165) is 36.4 Å². The average molecular weight is 335 g/mol. The topological polar surface area (TPSA) is 9.23 Å². The molecule has 0 aromatic rings. The molecule has 0 aromatic carbocycles. The first-order chi connectivity index (χ1) is 11.5. The summed E-state index contributed by atoms with van der Waals surface area (Å²) < 4.78 is 5.81. The Morgan fingerprint density at radius 2 is 1.67 bits per heavy atom. The van der Waals surface area contributed by atoms with Crippen LogP contribution in [0, 0.1) is 5.92 Å². The number of allylic oxidation sites excluding steroid dienone is 8. The molecule has 0 spiro atoms. The van der Waals surface area contributed by atoms with Gasteiger partial charge in [0.2, 0.25) is 0 Å². The van der Waals surface area contributed by atoms with E-state index in [4.69, 9.17) is 4.74 Å². The maximum absolute atomic E-state index is 5.81. The third-order valence-electron chi connectivity index (χ3n) is 2.58. The van der Waals surface area contributed by atoms with Crippen molar-refractivity contribution in [2.45, 2.75) is 81.6 Å². The lowest BCUT2D eigenvalue weighted by Crippen LogP contribution is -1.88. The van der Waals surface area contributed by atoms with E-state index in [9.17, 15) is 0 Å². The Morgan fingerprint density at radius 3 is 2.12 bits per heavy atom. The number of hydrogen-bond donors (Lipinski definition) is 0. The quantitative estimate of drug-likeness (QED) is 0.304. The molecule has 0 aliphatic rings. The minimum atomic E-state index is 0.645. The van der Waals surface area contributed by atoms with Crippen LogP contribution < -0.4 is 0 Å². The van der Waals surface area contributed by atoms with Crippen molar-refractivity contribution in [3.05, 3.63) is 60.1 Å². The van der Waals surface area contributed by atoms with Crippen LogP contribution in [0.5, 0.6) is 0 Å². The zero-order chi connectivity index (χ0) is 19.4. The van der Waals surface area contributed by atoms with Crippen LogP contribution in [-0.2, 0) is 4.74 Å². The zero-order valence-electron chi connectivity index (χ0n) is 17.8. The van der Waals surface area contributed by atoms with E-state index >= 15 is 0 Å². The van der Waals surface area contributed by atoms with Crippen LogP contribution in [0.3, 0.4) is 0 Å². The SMILES string of the molecule is C=C(/C=C\C=C(/C)OC(/C=C\C)=C/CCC)CC(C)C.CC.CC. The fourth-order valence-electron chi connectivity index (χ4n) is 1.73. The Bertz CT molecular complexity index is 392. The number of unbranched alkanes of at least 4 members (excludes halogenated alkanes) is 1. The Kier molecular flexibility index (Phi) is 24.5. The summed E-state index contributed by atoms with van der Waals surface area (Å²) in [6, 6.07) is 0. The molecule has 140 valence electrons. The summed E-state index contributed by atoms with van der Waals surface area (Å²) >= 11 is 0. The molecule has 0 atom stereocenters. The van der Waals surface area contributed by atoms with Gasteiger partial charge in [-0.2, -0.15) is 0 Å². The standard InChI is InChI=1S/C19H30O.2C2H6/c1-7-9-14-19(11-8-2)20-18(6)13-10-12-17(5)15-16(3)4;2*1-2/h8,10-14,16H,5,7,9,15H2,1-4,6H3;2*1-2H3/b11-8-,12-10-,18-13+,19-14+;;. The molecule has 0 radical (unpaired) electrons. The number of ether oxygens (including phenoxy) is 1. The van der Waals surface area contributed by atoms with Gasteiger partial charge in [-0.25, -0.2) is 0 Å². The molecule has 0 heterocycles. The van der Waals surface area contributed by atoms with Crippen molar-refractivity contribution in [1.29, 1.82) is 0 Å². The van der Waals surface area contributed by atoms with Crippen LogP contribution >= 0.6 is 0 Å². The molecule has 0 bridgehead atoms. The van der Waals surface area contributed by atoms with Crippen LogP contribution in [0.2, 0.25) is 0 Å². The van der Waals surface area contributed by atoms with Crippen molar-refractivity contribution in [2.24, 2.45) is 5.92 Å². The van der Waals surface area contributed by atoms with Gasteiger partial charge in [0.25, 0.3) is 0 Å². The third-order valence-corrected chi connectivity index (χ3v) is 2.58. The highest BCUT2D eigenvalue weighted by Gasteiger charge is 1.96. The normalized spacial score (nSPS) is 11.9. The van der Waals surface area contributed by atoms with Crippen LogP contribution in [-0.4, -0.2) is 0 Å². The molecule has 0 aliphatic carbocycles. The van der Waals surface area contributed by atoms with Gasteiger partial charge in [-0.15, -0.1) is 0 Å². The van der Waals surface area contributed by atoms with Crippen molar-refractivity contribution < 1.29 is 4.74 Å². The van der Waals surface area contributed by atoms with Gasteiger partial charge in [-0.1, -0.05) is 85.3 Å². The molecular formula is C23H42O. The van der Waals surface area contributed by atoms with Crippen molar-refractivity contribution in [2.75, 3.05) is 0 Å². The van der Waals surface area contributed by atoms with Crippen LogP contribution in [0.1, 0.15) is 81.6 Å². The van der Waals surface area contributed by atoms with Gasteiger partial charge in [0, 0.05) is 0 Å². The summed E-state index contributed by atoms with van der Waals surface area (Å²) in [6.45, 7) is 22.6. The summed E-state index contributed by atoms with van der Waals surface area (Å²) in [4.78, 5) is 0. The average Bonchev–Trinajstić information content (AvgIpc) is 2.56. The minimum Gasteiger partial charge on any atom is -0.462 e. The Labute approximate surface area is 152 Å². The lowest BCUT2D eigenvalue weighted by molar-refractivity contribution is 0.320. The van der Waals surface area contributed by atoms with E-state index in [-0.39, 0.29) is 0 Å². The molecule has 0 saturated heterocycles. The van der Waals surface area contributed by atoms with Gasteiger partial charge in [0.1, 0.15) is 11.5 Å². The van der Waals surface area contributed by atoms with Crippen molar-refractivity contribution in [3.63, 3.8) is 0 Å². The second kappa shape index (κ2) is 21.5. The summed E-state index contributed by atoms with van der Waals surface area (Å²) in [6.07, 6.45) is 15.3. The van der Waals surface area contributed by atoms with E-state index in [0.29, 0.717) is 5.92 Å². The smallest absolute Gasteiger partial charge is 0.122 e. The van der Waals surface area contributed by atoms with Gasteiger partial charge < -0.3 is 4.74 Å². The van der Waals surface area contributed by atoms with Gasteiger partial charge in [0.15, 0.2) is 0 Å². The summed E-state index contributed by atoms with van der Waals surface area (Å²) in [5, 5.41) is 0. The Morgan fingerprint density at radius 1 is 1.08 bits per heavy atom. The monoisotopic (exact) mass is 334 g/mol. The highest BCUT2D eigenvalue weighted by molar-refractivity contribution is 5.21. The molecule has 0 amide bonds. The zero-order valence-corrected chi connectivity index (χ0v) is 17.8. The molecule has 0 aromatic heterocycles. The lowest BCUT2D eigenvalue weighted by atomic mass is 10.0.